The summed E-state index contributed by atoms with van der Waals surface area (Å²) in [6.07, 6.45) is 20.3. The fourth-order valence-corrected chi connectivity index (χ4v) is 3.24. The molecule has 78 valence electrons. The first kappa shape index (κ1) is 9.17. The van der Waals surface area contributed by atoms with Crippen LogP contribution in [0.15, 0.2) is 48.6 Å². The zero-order valence-electron chi connectivity index (χ0n) is 8.76. The maximum atomic E-state index is 9.81. The number of aliphatic hydroxyl groups excluding tert-OH is 1. The van der Waals surface area contributed by atoms with Crippen molar-refractivity contribution in [2.45, 2.75) is 25.4 Å². The molecule has 0 aromatic rings. The van der Waals surface area contributed by atoms with Crippen molar-refractivity contribution in [3.05, 3.63) is 48.6 Å². The van der Waals surface area contributed by atoms with E-state index in [9.17, 15) is 5.11 Å². The van der Waals surface area contributed by atoms with Crippen molar-refractivity contribution >= 4 is 0 Å². The average Bonchev–Trinajstić information content (AvgIpc) is 2.27. The lowest BCUT2D eigenvalue weighted by Gasteiger charge is -2.52. The van der Waals surface area contributed by atoms with Gasteiger partial charge in [0.15, 0.2) is 0 Å². The van der Waals surface area contributed by atoms with Crippen LogP contribution in [-0.4, -0.2) is 11.2 Å². The lowest BCUT2D eigenvalue weighted by Crippen LogP contribution is -2.45. The number of hydrogen-bond donors (Lipinski definition) is 1. The highest BCUT2D eigenvalue weighted by atomic mass is 16.3. The van der Waals surface area contributed by atoms with Crippen molar-refractivity contribution in [1.29, 1.82) is 0 Å². The van der Waals surface area contributed by atoms with E-state index in [1.165, 1.54) is 0 Å². The van der Waals surface area contributed by atoms with Crippen LogP contribution in [0.5, 0.6) is 0 Å². The van der Waals surface area contributed by atoms with Crippen molar-refractivity contribution in [2.24, 2.45) is 10.8 Å². The third kappa shape index (κ3) is 1.13. The monoisotopic (exact) mass is 200 g/mol. The van der Waals surface area contributed by atoms with Crippen molar-refractivity contribution < 1.29 is 5.11 Å². The predicted octanol–water partition coefficient (Wildman–Crippen LogP) is 2.76. The van der Waals surface area contributed by atoms with Gasteiger partial charge in [0.1, 0.15) is 0 Å². The molecule has 0 fully saturated rings. The van der Waals surface area contributed by atoms with Gasteiger partial charge in [-0.15, -0.1) is 0 Å². The molecule has 0 saturated carbocycles. The van der Waals surface area contributed by atoms with Crippen molar-refractivity contribution in [2.75, 3.05) is 0 Å². The van der Waals surface area contributed by atoms with Gasteiger partial charge < -0.3 is 5.11 Å². The highest BCUT2D eigenvalue weighted by Gasteiger charge is 2.49. The molecule has 0 aromatic heterocycles. The van der Waals surface area contributed by atoms with Crippen LogP contribution in [0.25, 0.3) is 0 Å². The maximum absolute atomic E-state index is 9.81. The van der Waals surface area contributed by atoms with Crippen LogP contribution in [0.2, 0.25) is 0 Å². The summed E-state index contributed by atoms with van der Waals surface area (Å²) in [7, 11) is 0. The van der Waals surface area contributed by atoms with Gasteiger partial charge in [-0.25, -0.2) is 0 Å². The standard InChI is InChI=1S/C14H16O/c15-12-5-10-13-6-1-3-8-14(13,11-12)9-4-2-7-13/h1-6,8,10,12,15H,7,9,11H2/t12-,13-,14+/m1/s1. The Morgan fingerprint density at radius 2 is 1.80 bits per heavy atom. The molecule has 0 spiro atoms. The summed E-state index contributed by atoms with van der Waals surface area (Å²) < 4.78 is 0. The summed E-state index contributed by atoms with van der Waals surface area (Å²) in [6.45, 7) is 0. The minimum Gasteiger partial charge on any atom is -0.389 e. The number of aliphatic hydroxyl groups is 1. The van der Waals surface area contributed by atoms with E-state index in [1.54, 1.807) is 0 Å². The quantitative estimate of drug-likeness (QED) is 0.596. The topological polar surface area (TPSA) is 20.2 Å². The van der Waals surface area contributed by atoms with Gasteiger partial charge in [-0.1, -0.05) is 48.6 Å². The second-order valence-electron chi connectivity index (χ2n) is 4.92. The molecule has 0 heterocycles. The summed E-state index contributed by atoms with van der Waals surface area (Å²) in [5.74, 6) is 0. The molecule has 1 nitrogen and oxygen atoms in total. The normalized spacial score (nSPS) is 46.3. The van der Waals surface area contributed by atoms with Crippen molar-refractivity contribution in [3.63, 3.8) is 0 Å². The van der Waals surface area contributed by atoms with E-state index in [4.69, 9.17) is 0 Å². The molecule has 15 heavy (non-hydrogen) atoms. The van der Waals surface area contributed by atoms with Crippen LogP contribution in [0, 0.1) is 10.8 Å². The molecule has 0 unspecified atom stereocenters. The molecule has 0 aliphatic heterocycles. The van der Waals surface area contributed by atoms with Gasteiger partial charge in [0.05, 0.1) is 6.10 Å². The SMILES string of the molecule is O[C@@H]1C=C[C@]23C=CC=C[C@]2(CC=CC3)C1. The van der Waals surface area contributed by atoms with Gasteiger partial charge >= 0.3 is 0 Å². The minimum absolute atomic E-state index is 0.130. The zero-order chi connectivity index (χ0) is 10.4. The van der Waals surface area contributed by atoms with E-state index in [1.807, 2.05) is 6.08 Å². The molecule has 3 atom stereocenters. The third-order valence-electron chi connectivity index (χ3n) is 4.14. The van der Waals surface area contributed by atoms with Gasteiger partial charge in [0.25, 0.3) is 0 Å². The van der Waals surface area contributed by atoms with Crippen LogP contribution in [-0.2, 0) is 0 Å². The molecule has 0 amide bonds. The minimum atomic E-state index is -0.277. The molecule has 0 bridgehead atoms. The first-order valence-electron chi connectivity index (χ1n) is 5.66. The van der Waals surface area contributed by atoms with Crippen LogP contribution < -0.4 is 0 Å². The highest BCUT2D eigenvalue weighted by molar-refractivity contribution is 5.37. The van der Waals surface area contributed by atoms with E-state index < -0.39 is 0 Å². The summed E-state index contributed by atoms with van der Waals surface area (Å²) in [6, 6.07) is 0. The van der Waals surface area contributed by atoms with E-state index in [-0.39, 0.29) is 16.9 Å². The molecule has 3 aliphatic rings. The zero-order valence-corrected chi connectivity index (χ0v) is 8.76. The van der Waals surface area contributed by atoms with Crippen LogP contribution in [0.3, 0.4) is 0 Å². The molecule has 3 rings (SSSR count). The summed E-state index contributed by atoms with van der Waals surface area (Å²) >= 11 is 0. The average molecular weight is 200 g/mol. The molecule has 3 aliphatic carbocycles. The third-order valence-corrected chi connectivity index (χ3v) is 4.14. The van der Waals surface area contributed by atoms with E-state index in [2.05, 4.69) is 42.5 Å². The summed E-state index contributed by atoms with van der Waals surface area (Å²) in [4.78, 5) is 0. The molecule has 1 N–H and O–H groups in total. The Hall–Kier alpha value is -1.08. The Kier molecular flexibility index (Phi) is 1.81. The van der Waals surface area contributed by atoms with Crippen molar-refractivity contribution in [3.8, 4) is 0 Å². The largest absolute Gasteiger partial charge is 0.389 e. The van der Waals surface area contributed by atoms with Gasteiger partial charge in [-0.2, -0.15) is 0 Å². The molecule has 1 heteroatoms. The molecular weight excluding hydrogens is 184 g/mol. The lowest BCUT2D eigenvalue weighted by molar-refractivity contribution is 0.0774. The fraction of sp³-hybridized carbons (Fsp3) is 0.429. The predicted molar refractivity (Wildman–Crippen MR) is 61.3 cm³/mol. The van der Waals surface area contributed by atoms with Crippen LogP contribution >= 0.6 is 0 Å². The van der Waals surface area contributed by atoms with Crippen LogP contribution in [0.4, 0.5) is 0 Å². The summed E-state index contributed by atoms with van der Waals surface area (Å²) in [5.41, 5.74) is 0.264. The number of allylic oxidation sites excluding steroid dienone is 7. The smallest absolute Gasteiger partial charge is 0.0730 e. The van der Waals surface area contributed by atoms with Crippen molar-refractivity contribution in [1.82, 2.24) is 0 Å². The van der Waals surface area contributed by atoms with Gasteiger partial charge in [0, 0.05) is 10.8 Å². The van der Waals surface area contributed by atoms with E-state index >= 15 is 0 Å². The second kappa shape index (κ2) is 2.96. The fourth-order valence-electron chi connectivity index (χ4n) is 3.24. The Bertz CT molecular complexity index is 388. The number of hydrogen-bond acceptors (Lipinski definition) is 1. The van der Waals surface area contributed by atoms with E-state index in [0.29, 0.717) is 0 Å². The Balaban J connectivity index is 2.15. The second-order valence-corrected chi connectivity index (χ2v) is 4.92. The Morgan fingerprint density at radius 1 is 1.00 bits per heavy atom. The molecule has 0 radical (unpaired) electrons. The summed E-state index contributed by atoms with van der Waals surface area (Å²) in [5, 5.41) is 9.81. The van der Waals surface area contributed by atoms with Crippen LogP contribution in [0.1, 0.15) is 19.3 Å². The Labute approximate surface area is 90.5 Å². The Morgan fingerprint density at radius 3 is 2.73 bits per heavy atom. The first-order chi connectivity index (χ1) is 7.27. The highest BCUT2D eigenvalue weighted by Crippen LogP contribution is 2.57. The van der Waals surface area contributed by atoms with Gasteiger partial charge in [-0.3, -0.25) is 0 Å². The first-order valence-corrected chi connectivity index (χ1v) is 5.66. The number of rotatable bonds is 0. The molecular formula is C14H16O. The lowest BCUT2D eigenvalue weighted by atomic mass is 9.52. The molecule has 0 saturated heterocycles. The molecule has 0 aromatic carbocycles. The maximum Gasteiger partial charge on any atom is 0.0730 e. The van der Waals surface area contributed by atoms with Gasteiger partial charge in [0.2, 0.25) is 0 Å². The van der Waals surface area contributed by atoms with Gasteiger partial charge in [-0.05, 0) is 19.3 Å². The van der Waals surface area contributed by atoms with E-state index in [0.717, 1.165) is 19.3 Å².